The Morgan fingerprint density at radius 2 is 2.25 bits per heavy atom. The van der Waals surface area contributed by atoms with Crippen molar-refractivity contribution in [2.24, 2.45) is 5.73 Å². The van der Waals surface area contributed by atoms with Gasteiger partial charge in [0.2, 0.25) is 5.91 Å². The molecule has 1 aromatic heterocycles. The van der Waals surface area contributed by atoms with Gasteiger partial charge in [-0.15, -0.1) is 0 Å². The van der Waals surface area contributed by atoms with Crippen LogP contribution in [0.2, 0.25) is 0 Å². The molecule has 4 N–H and O–H groups in total. The number of nitrogens with zero attached hydrogens (tertiary/aromatic N) is 1. The van der Waals surface area contributed by atoms with E-state index in [1.807, 2.05) is 0 Å². The minimum Gasteiger partial charge on any atom is -0.481 e. The number of carbonyl (C=O) groups is 2. The van der Waals surface area contributed by atoms with Gasteiger partial charge in [0, 0.05) is 6.20 Å². The highest BCUT2D eigenvalue weighted by Crippen LogP contribution is 1.94. The van der Waals surface area contributed by atoms with Crippen molar-refractivity contribution in [3.8, 4) is 0 Å². The van der Waals surface area contributed by atoms with Crippen LogP contribution >= 0.6 is 0 Å². The van der Waals surface area contributed by atoms with E-state index in [2.05, 4.69) is 10.3 Å². The number of aliphatic carboxylic acids is 1. The van der Waals surface area contributed by atoms with Crippen molar-refractivity contribution in [2.45, 2.75) is 19.0 Å². The average Bonchev–Trinajstić information content (AvgIpc) is 2.26. The minimum atomic E-state index is -1.10. The highest BCUT2D eigenvalue weighted by Gasteiger charge is 2.16. The summed E-state index contributed by atoms with van der Waals surface area (Å²) in [6.07, 6.45) is 1.23. The Morgan fingerprint density at radius 1 is 1.50 bits per heavy atom. The van der Waals surface area contributed by atoms with Crippen molar-refractivity contribution >= 4 is 11.9 Å². The van der Waals surface area contributed by atoms with Crippen LogP contribution in [-0.2, 0) is 16.1 Å². The molecule has 0 saturated heterocycles. The predicted octanol–water partition coefficient (Wildman–Crippen LogP) is -0.500. The number of aromatic nitrogens is 1. The molecular formula is C10H13N3O3. The van der Waals surface area contributed by atoms with Crippen LogP contribution in [0.25, 0.3) is 0 Å². The molecule has 0 aliphatic rings. The summed E-state index contributed by atoms with van der Waals surface area (Å²) in [5.41, 5.74) is 6.06. The van der Waals surface area contributed by atoms with E-state index in [4.69, 9.17) is 10.8 Å². The number of hydrogen-bond acceptors (Lipinski definition) is 4. The molecule has 0 aromatic carbocycles. The molecule has 1 rings (SSSR count). The minimum absolute atomic E-state index is 0.243. The van der Waals surface area contributed by atoms with Crippen LogP contribution in [0.15, 0.2) is 24.4 Å². The number of pyridine rings is 1. The molecule has 16 heavy (non-hydrogen) atoms. The molecule has 6 heteroatoms. The highest BCUT2D eigenvalue weighted by molar-refractivity contribution is 5.85. The van der Waals surface area contributed by atoms with Crippen molar-refractivity contribution < 1.29 is 14.7 Å². The number of carboxylic acids is 1. The molecule has 1 unspecified atom stereocenters. The lowest BCUT2D eigenvalue weighted by Gasteiger charge is -2.09. The molecule has 1 heterocycles. The van der Waals surface area contributed by atoms with Crippen molar-refractivity contribution in [1.82, 2.24) is 10.3 Å². The third-order valence-electron chi connectivity index (χ3n) is 1.90. The predicted molar refractivity (Wildman–Crippen MR) is 56.3 cm³/mol. The second-order valence-electron chi connectivity index (χ2n) is 3.24. The summed E-state index contributed by atoms with van der Waals surface area (Å²) in [5, 5.41) is 11.0. The Morgan fingerprint density at radius 3 is 2.81 bits per heavy atom. The molecule has 0 fully saturated rings. The normalized spacial score (nSPS) is 11.8. The third kappa shape index (κ3) is 4.05. The fourth-order valence-electron chi connectivity index (χ4n) is 1.09. The van der Waals surface area contributed by atoms with Crippen LogP contribution in [0.3, 0.4) is 0 Å². The van der Waals surface area contributed by atoms with E-state index >= 15 is 0 Å². The van der Waals surface area contributed by atoms with Crippen LogP contribution < -0.4 is 11.1 Å². The summed E-state index contributed by atoms with van der Waals surface area (Å²) >= 11 is 0. The van der Waals surface area contributed by atoms with E-state index in [1.54, 1.807) is 24.4 Å². The second kappa shape index (κ2) is 5.82. The largest absolute Gasteiger partial charge is 0.481 e. The highest BCUT2D eigenvalue weighted by atomic mass is 16.4. The molecule has 0 aliphatic heterocycles. The van der Waals surface area contributed by atoms with Gasteiger partial charge < -0.3 is 16.2 Å². The zero-order chi connectivity index (χ0) is 12.0. The summed E-state index contributed by atoms with van der Waals surface area (Å²) in [7, 11) is 0. The van der Waals surface area contributed by atoms with Crippen LogP contribution in [0, 0.1) is 0 Å². The van der Waals surface area contributed by atoms with Gasteiger partial charge in [0.15, 0.2) is 0 Å². The summed E-state index contributed by atoms with van der Waals surface area (Å²) in [5.74, 6) is -1.59. The molecule has 1 amide bonds. The maximum absolute atomic E-state index is 11.3. The number of hydrogen-bond donors (Lipinski definition) is 3. The van der Waals surface area contributed by atoms with E-state index in [1.165, 1.54) is 0 Å². The Labute approximate surface area is 92.5 Å². The summed E-state index contributed by atoms with van der Waals surface area (Å²) in [6.45, 7) is 0.243. The molecule has 0 bridgehead atoms. The number of rotatable bonds is 5. The Kier molecular flexibility index (Phi) is 4.41. The van der Waals surface area contributed by atoms with E-state index in [0.29, 0.717) is 5.69 Å². The first-order valence-electron chi connectivity index (χ1n) is 4.74. The van der Waals surface area contributed by atoms with E-state index in [-0.39, 0.29) is 13.0 Å². The molecule has 1 atom stereocenters. The molecular weight excluding hydrogens is 210 g/mol. The van der Waals surface area contributed by atoms with Crippen molar-refractivity contribution in [2.75, 3.05) is 0 Å². The summed E-state index contributed by atoms with van der Waals surface area (Å²) < 4.78 is 0. The number of amides is 1. The number of nitrogens with one attached hydrogen (secondary N) is 1. The van der Waals surface area contributed by atoms with Gasteiger partial charge >= 0.3 is 5.97 Å². The van der Waals surface area contributed by atoms with E-state index in [9.17, 15) is 9.59 Å². The Hall–Kier alpha value is -1.95. The Balaban J connectivity index is 2.38. The lowest BCUT2D eigenvalue weighted by atomic mass is 10.2. The SMILES string of the molecule is NC(CC(=O)O)C(=O)NCc1ccccn1. The number of carbonyl (C=O) groups excluding carboxylic acids is 1. The van der Waals surface area contributed by atoms with E-state index < -0.39 is 17.9 Å². The molecule has 0 spiro atoms. The van der Waals surface area contributed by atoms with Crippen molar-refractivity contribution in [3.05, 3.63) is 30.1 Å². The van der Waals surface area contributed by atoms with Crippen molar-refractivity contribution in [1.29, 1.82) is 0 Å². The van der Waals surface area contributed by atoms with Gasteiger partial charge in [-0.2, -0.15) is 0 Å². The van der Waals surface area contributed by atoms with Gasteiger partial charge in [0.05, 0.1) is 24.7 Å². The van der Waals surface area contributed by atoms with Gasteiger partial charge in [-0.1, -0.05) is 6.07 Å². The van der Waals surface area contributed by atoms with Crippen molar-refractivity contribution in [3.63, 3.8) is 0 Å². The molecule has 6 nitrogen and oxygen atoms in total. The first kappa shape index (κ1) is 12.1. The van der Waals surface area contributed by atoms with Crippen LogP contribution in [0.4, 0.5) is 0 Å². The quantitative estimate of drug-likeness (QED) is 0.624. The van der Waals surface area contributed by atoms with Gasteiger partial charge in [0.25, 0.3) is 0 Å². The number of carboxylic acid groups (broad SMARTS) is 1. The standard InChI is InChI=1S/C10H13N3O3/c11-8(5-9(14)15)10(16)13-6-7-3-1-2-4-12-7/h1-4,8H,5-6,11H2,(H,13,16)(H,14,15). The molecule has 0 aliphatic carbocycles. The lowest BCUT2D eigenvalue weighted by molar-refractivity contribution is -0.139. The van der Waals surface area contributed by atoms with Crippen LogP contribution in [0.5, 0.6) is 0 Å². The number of nitrogens with two attached hydrogens (primary N) is 1. The second-order valence-corrected chi connectivity index (χ2v) is 3.24. The zero-order valence-corrected chi connectivity index (χ0v) is 8.59. The molecule has 0 radical (unpaired) electrons. The fraction of sp³-hybridized carbons (Fsp3) is 0.300. The van der Waals surface area contributed by atoms with Gasteiger partial charge in [-0.25, -0.2) is 0 Å². The average molecular weight is 223 g/mol. The van der Waals surface area contributed by atoms with Gasteiger partial charge in [-0.3, -0.25) is 14.6 Å². The van der Waals surface area contributed by atoms with Gasteiger partial charge in [-0.05, 0) is 12.1 Å². The van der Waals surface area contributed by atoms with Gasteiger partial charge in [0.1, 0.15) is 0 Å². The first-order valence-corrected chi connectivity index (χ1v) is 4.74. The summed E-state index contributed by atoms with van der Waals surface area (Å²) in [4.78, 5) is 25.6. The molecule has 0 saturated carbocycles. The third-order valence-corrected chi connectivity index (χ3v) is 1.90. The Bertz CT molecular complexity index is 367. The maximum Gasteiger partial charge on any atom is 0.305 e. The monoisotopic (exact) mass is 223 g/mol. The molecule has 1 aromatic rings. The zero-order valence-electron chi connectivity index (χ0n) is 8.59. The first-order chi connectivity index (χ1) is 7.59. The topological polar surface area (TPSA) is 105 Å². The van der Waals surface area contributed by atoms with Crippen LogP contribution in [0.1, 0.15) is 12.1 Å². The maximum atomic E-state index is 11.3. The fourth-order valence-corrected chi connectivity index (χ4v) is 1.09. The lowest BCUT2D eigenvalue weighted by Crippen LogP contribution is -2.41. The van der Waals surface area contributed by atoms with Crippen LogP contribution in [-0.4, -0.2) is 28.0 Å². The van der Waals surface area contributed by atoms with E-state index in [0.717, 1.165) is 0 Å². The summed E-state index contributed by atoms with van der Waals surface area (Å²) in [6, 6.07) is 4.29. The molecule has 86 valence electrons. The smallest absolute Gasteiger partial charge is 0.305 e.